The van der Waals surface area contributed by atoms with Crippen molar-refractivity contribution in [3.05, 3.63) is 71.5 Å². The highest BCUT2D eigenvalue weighted by atomic mass is 16.5. The molecule has 12 nitrogen and oxygen atoms in total. The second-order valence-electron chi connectivity index (χ2n) is 8.42. The number of nitrogens with one attached hydrogen (secondary N) is 1. The Morgan fingerprint density at radius 3 is 2.76 bits per heavy atom. The Kier molecular flexibility index (Phi) is 6.66. The number of fused-ring (bicyclic) bond motifs is 3. The van der Waals surface area contributed by atoms with Crippen LogP contribution in [0.3, 0.4) is 0 Å². The molecule has 3 N–H and O–H groups in total. The Balaban J connectivity index is 1.52. The molecule has 0 spiro atoms. The number of allylic oxidation sites excluding steroid dienone is 1. The summed E-state index contributed by atoms with van der Waals surface area (Å²) in [5.41, 5.74) is 8.22. The van der Waals surface area contributed by atoms with Crippen molar-refractivity contribution >= 4 is 22.3 Å². The van der Waals surface area contributed by atoms with E-state index >= 15 is 0 Å². The molecule has 1 aliphatic rings. The molecule has 12 heteroatoms. The highest BCUT2D eigenvalue weighted by molar-refractivity contribution is 5.97. The number of hydrogen-bond acceptors (Lipinski definition) is 10. The van der Waals surface area contributed by atoms with E-state index in [1.807, 2.05) is 31.2 Å². The number of carbonyl (C=O) groups is 1. The number of benzene rings is 1. The Morgan fingerprint density at radius 1 is 1.19 bits per heavy atom. The van der Waals surface area contributed by atoms with Gasteiger partial charge in [0.05, 0.1) is 17.9 Å². The van der Waals surface area contributed by atoms with Gasteiger partial charge in [0, 0.05) is 42.7 Å². The fourth-order valence-electron chi connectivity index (χ4n) is 4.08. The van der Waals surface area contributed by atoms with Crippen molar-refractivity contribution in [2.45, 2.75) is 13.5 Å². The molecule has 1 unspecified atom stereocenters. The summed E-state index contributed by atoms with van der Waals surface area (Å²) in [6.07, 6.45) is 4.89. The highest BCUT2D eigenvalue weighted by Gasteiger charge is 2.22. The Bertz CT molecular complexity index is 1570. The maximum Gasteiger partial charge on any atom is 0.250 e. The monoisotopic (exact) mass is 503 g/mol. The number of amides is 1. The van der Waals surface area contributed by atoms with E-state index in [9.17, 15) is 4.79 Å². The fraction of sp³-hybridized carbons (Fsp3) is 0.240. The highest BCUT2D eigenvalue weighted by Crippen LogP contribution is 2.29. The SMILES string of the molecule is COCc1cc(-c2nnc3c4ccccc4c(OC=C4C=CC(C(N)=O)=C(C(C)COC)N4)nn23)no1. The van der Waals surface area contributed by atoms with Gasteiger partial charge in [-0.15, -0.1) is 15.3 Å². The number of hydrogen-bond donors (Lipinski definition) is 2. The van der Waals surface area contributed by atoms with E-state index in [0.717, 1.165) is 10.8 Å². The lowest BCUT2D eigenvalue weighted by Gasteiger charge is -2.23. The second kappa shape index (κ2) is 10.2. The summed E-state index contributed by atoms with van der Waals surface area (Å²) in [7, 11) is 3.17. The molecule has 1 atom stereocenters. The topological polar surface area (TPSA) is 152 Å². The van der Waals surface area contributed by atoms with E-state index in [0.29, 0.717) is 52.4 Å². The normalized spacial score (nSPS) is 15.5. The first-order valence-electron chi connectivity index (χ1n) is 11.4. The summed E-state index contributed by atoms with van der Waals surface area (Å²) in [6, 6.07) is 9.31. The zero-order chi connectivity index (χ0) is 25.9. The lowest BCUT2D eigenvalue weighted by molar-refractivity contribution is -0.114. The van der Waals surface area contributed by atoms with Crippen LogP contribution in [-0.4, -0.2) is 51.7 Å². The van der Waals surface area contributed by atoms with E-state index in [2.05, 4.69) is 25.8 Å². The lowest BCUT2D eigenvalue weighted by Crippen LogP contribution is -2.29. The Labute approximate surface area is 211 Å². The average Bonchev–Trinajstić information content (AvgIpc) is 3.54. The third kappa shape index (κ3) is 4.67. The molecular weight excluding hydrogens is 478 g/mol. The number of dihydropyridines is 1. The molecule has 0 bridgehead atoms. The molecule has 1 aliphatic heterocycles. The quantitative estimate of drug-likeness (QED) is 0.326. The molecule has 4 aromatic rings. The van der Waals surface area contributed by atoms with Gasteiger partial charge in [0.1, 0.15) is 12.9 Å². The van der Waals surface area contributed by atoms with Gasteiger partial charge in [-0.25, -0.2) is 0 Å². The molecule has 0 radical (unpaired) electrons. The van der Waals surface area contributed by atoms with Crippen molar-refractivity contribution in [3.8, 4) is 17.4 Å². The number of methoxy groups -OCH3 is 2. The number of nitrogens with zero attached hydrogens (tertiary/aromatic N) is 5. The number of nitrogens with two attached hydrogens (primary N) is 1. The van der Waals surface area contributed by atoms with Crippen LogP contribution in [0.2, 0.25) is 0 Å². The minimum atomic E-state index is -0.526. The van der Waals surface area contributed by atoms with Gasteiger partial charge < -0.3 is 29.8 Å². The van der Waals surface area contributed by atoms with E-state index in [-0.39, 0.29) is 12.5 Å². The Hall–Kier alpha value is -4.55. The summed E-state index contributed by atoms with van der Waals surface area (Å²) < 4.78 is 23.3. The number of rotatable bonds is 9. The smallest absolute Gasteiger partial charge is 0.250 e. The number of ether oxygens (including phenoxy) is 3. The molecule has 0 saturated heterocycles. The van der Waals surface area contributed by atoms with Gasteiger partial charge in [-0.2, -0.15) is 4.52 Å². The van der Waals surface area contributed by atoms with Crippen molar-refractivity contribution in [1.29, 1.82) is 0 Å². The van der Waals surface area contributed by atoms with Crippen LogP contribution in [0.5, 0.6) is 5.88 Å². The number of primary amides is 1. The van der Waals surface area contributed by atoms with Gasteiger partial charge >= 0.3 is 0 Å². The summed E-state index contributed by atoms with van der Waals surface area (Å²) >= 11 is 0. The van der Waals surface area contributed by atoms with Crippen LogP contribution < -0.4 is 15.8 Å². The minimum absolute atomic E-state index is 0.0961. The van der Waals surface area contributed by atoms with Crippen molar-refractivity contribution in [2.24, 2.45) is 11.7 Å². The van der Waals surface area contributed by atoms with Crippen LogP contribution in [0, 0.1) is 5.92 Å². The molecule has 4 heterocycles. The zero-order valence-corrected chi connectivity index (χ0v) is 20.5. The third-order valence-electron chi connectivity index (χ3n) is 5.78. The summed E-state index contributed by atoms with van der Waals surface area (Å²) in [5.74, 6) is 0.643. The molecule has 1 amide bonds. The van der Waals surface area contributed by atoms with E-state index in [1.54, 1.807) is 37.0 Å². The second-order valence-corrected chi connectivity index (χ2v) is 8.42. The summed E-state index contributed by atoms with van der Waals surface area (Å²) in [6.45, 7) is 2.62. The number of carbonyl (C=O) groups excluding carboxylic acids is 1. The van der Waals surface area contributed by atoms with Gasteiger partial charge in [-0.05, 0) is 18.2 Å². The predicted octanol–water partition coefficient (Wildman–Crippen LogP) is 2.48. The van der Waals surface area contributed by atoms with Gasteiger partial charge in [-0.1, -0.05) is 30.3 Å². The van der Waals surface area contributed by atoms with E-state index in [1.165, 1.54) is 6.26 Å². The van der Waals surface area contributed by atoms with Crippen molar-refractivity contribution in [3.63, 3.8) is 0 Å². The molecule has 0 fully saturated rings. The van der Waals surface area contributed by atoms with Gasteiger partial charge in [0.25, 0.3) is 0 Å². The van der Waals surface area contributed by atoms with Crippen molar-refractivity contribution in [1.82, 2.24) is 30.3 Å². The molecule has 0 aliphatic carbocycles. The first kappa shape index (κ1) is 24.2. The molecule has 0 saturated carbocycles. The third-order valence-corrected chi connectivity index (χ3v) is 5.78. The largest absolute Gasteiger partial charge is 0.443 e. The minimum Gasteiger partial charge on any atom is -0.443 e. The standard InChI is InChI=1S/C25H25N7O5/c1-14(11-34-2)21-19(22(26)33)9-8-15(27-21)12-36-25-18-7-5-4-6-17(18)23-28-29-24(32(23)30-25)20-10-16(13-35-3)37-31-20/h4-10,12,14,27H,11,13H2,1-3H3,(H2,26,33). The van der Waals surface area contributed by atoms with Crippen LogP contribution in [0.4, 0.5) is 0 Å². The molecule has 37 heavy (non-hydrogen) atoms. The predicted molar refractivity (Wildman–Crippen MR) is 133 cm³/mol. The van der Waals surface area contributed by atoms with Crippen LogP contribution in [0.1, 0.15) is 12.7 Å². The first-order chi connectivity index (χ1) is 18.0. The number of aromatic nitrogens is 5. The Morgan fingerprint density at radius 2 is 2.00 bits per heavy atom. The van der Waals surface area contributed by atoms with Crippen molar-refractivity contribution in [2.75, 3.05) is 20.8 Å². The zero-order valence-electron chi connectivity index (χ0n) is 20.5. The lowest BCUT2D eigenvalue weighted by atomic mass is 9.99. The summed E-state index contributed by atoms with van der Waals surface area (Å²) in [5, 5.41) is 22.1. The molecule has 190 valence electrons. The summed E-state index contributed by atoms with van der Waals surface area (Å²) in [4.78, 5) is 11.9. The maximum absolute atomic E-state index is 11.9. The van der Waals surface area contributed by atoms with Gasteiger partial charge in [0.2, 0.25) is 17.6 Å². The van der Waals surface area contributed by atoms with E-state index < -0.39 is 5.91 Å². The van der Waals surface area contributed by atoms with Crippen LogP contribution >= 0.6 is 0 Å². The average molecular weight is 504 g/mol. The maximum atomic E-state index is 11.9. The van der Waals surface area contributed by atoms with E-state index in [4.69, 9.17) is 24.5 Å². The van der Waals surface area contributed by atoms with Crippen LogP contribution in [0.15, 0.2) is 70.2 Å². The molecule has 1 aromatic carbocycles. The van der Waals surface area contributed by atoms with Crippen LogP contribution in [0.25, 0.3) is 27.9 Å². The molecule has 3 aromatic heterocycles. The van der Waals surface area contributed by atoms with Gasteiger partial charge in [0.15, 0.2) is 17.1 Å². The van der Waals surface area contributed by atoms with Gasteiger partial charge in [-0.3, -0.25) is 4.79 Å². The fourth-order valence-corrected chi connectivity index (χ4v) is 4.08. The van der Waals surface area contributed by atoms with Crippen LogP contribution in [-0.2, 0) is 20.9 Å². The molecular formula is C25H25N7O5. The first-order valence-corrected chi connectivity index (χ1v) is 11.4. The molecule has 5 rings (SSSR count). The van der Waals surface area contributed by atoms with Crippen molar-refractivity contribution < 1.29 is 23.5 Å².